The highest BCUT2D eigenvalue weighted by molar-refractivity contribution is 5.79. The number of carbonyl (C=O) groups is 1. The van der Waals surface area contributed by atoms with E-state index in [2.05, 4.69) is 19.1 Å². The molecule has 0 saturated carbocycles. The average molecular weight is 323 g/mol. The van der Waals surface area contributed by atoms with E-state index >= 15 is 0 Å². The van der Waals surface area contributed by atoms with Crippen molar-refractivity contribution >= 4 is 5.97 Å². The van der Waals surface area contributed by atoms with Crippen LogP contribution in [0.25, 0.3) is 0 Å². The molecule has 0 rings (SSSR count). The molecule has 0 amide bonds. The van der Waals surface area contributed by atoms with Crippen LogP contribution in [0.3, 0.4) is 0 Å². The molecule has 0 unspecified atom stereocenters. The van der Waals surface area contributed by atoms with Crippen LogP contribution in [0.5, 0.6) is 0 Å². The van der Waals surface area contributed by atoms with Crippen LogP contribution in [-0.4, -0.2) is 11.1 Å². The van der Waals surface area contributed by atoms with E-state index in [-0.39, 0.29) is 0 Å². The number of aliphatic carboxylic acids is 1. The van der Waals surface area contributed by atoms with Gasteiger partial charge in [-0.2, -0.15) is 0 Å². The maximum Gasteiger partial charge on any atom is 0.327 e. The summed E-state index contributed by atoms with van der Waals surface area (Å²) in [7, 11) is 0. The van der Waals surface area contributed by atoms with E-state index in [1.54, 1.807) is 6.08 Å². The predicted octanol–water partition coefficient (Wildman–Crippen LogP) is 7.05. The topological polar surface area (TPSA) is 37.3 Å². The molecule has 0 aliphatic heterocycles. The first-order chi connectivity index (χ1) is 11.3. The summed E-state index contributed by atoms with van der Waals surface area (Å²) >= 11 is 0. The molecule has 2 nitrogen and oxygen atoms in total. The maximum atomic E-state index is 10.3. The molecule has 0 aromatic carbocycles. The van der Waals surface area contributed by atoms with E-state index in [1.807, 2.05) is 0 Å². The second-order valence-corrected chi connectivity index (χ2v) is 6.47. The van der Waals surface area contributed by atoms with E-state index in [0.717, 1.165) is 12.8 Å². The van der Waals surface area contributed by atoms with Gasteiger partial charge in [-0.1, -0.05) is 89.4 Å². The summed E-state index contributed by atoms with van der Waals surface area (Å²) < 4.78 is 0. The van der Waals surface area contributed by atoms with Crippen molar-refractivity contribution in [3.8, 4) is 0 Å². The first-order valence-corrected chi connectivity index (χ1v) is 9.81. The van der Waals surface area contributed by atoms with Crippen molar-refractivity contribution in [1.29, 1.82) is 0 Å². The van der Waals surface area contributed by atoms with Gasteiger partial charge < -0.3 is 5.11 Å². The number of unbranched alkanes of at least 4 members (excludes halogenated alkanes) is 13. The van der Waals surface area contributed by atoms with Crippen molar-refractivity contribution in [2.45, 2.75) is 103 Å². The van der Waals surface area contributed by atoms with Crippen molar-refractivity contribution in [2.24, 2.45) is 0 Å². The van der Waals surface area contributed by atoms with Gasteiger partial charge in [0.25, 0.3) is 0 Å². The van der Waals surface area contributed by atoms with Gasteiger partial charge in [-0.25, -0.2) is 4.79 Å². The summed E-state index contributed by atoms with van der Waals surface area (Å²) in [6.07, 6.45) is 27.0. The number of hydrogen-bond donors (Lipinski definition) is 1. The van der Waals surface area contributed by atoms with Crippen LogP contribution in [0.15, 0.2) is 24.3 Å². The van der Waals surface area contributed by atoms with Gasteiger partial charge in [-0.15, -0.1) is 0 Å². The van der Waals surface area contributed by atoms with Crippen LogP contribution in [0, 0.1) is 0 Å². The zero-order valence-corrected chi connectivity index (χ0v) is 15.3. The third-order valence-electron chi connectivity index (χ3n) is 4.14. The van der Waals surface area contributed by atoms with Gasteiger partial charge in [0, 0.05) is 6.08 Å². The van der Waals surface area contributed by atoms with Crippen LogP contribution in [0.1, 0.15) is 103 Å². The Hall–Kier alpha value is -1.05. The van der Waals surface area contributed by atoms with Gasteiger partial charge in [-0.3, -0.25) is 0 Å². The molecule has 0 fully saturated rings. The van der Waals surface area contributed by atoms with Crippen molar-refractivity contribution < 1.29 is 9.90 Å². The van der Waals surface area contributed by atoms with Crippen LogP contribution in [0.4, 0.5) is 0 Å². The second-order valence-electron chi connectivity index (χ2n) is 6.47. The molecular formula is C21H38O2. The van der Waals surface area contributed by atoms with Crippen molar-refractivity contribution in [3.05, 3.63) is 24.3 Å². The average Bonchev–Trinajstić information content (AvgIpc) is 2.53. The molecule has 0 bridgehead atoms. The Morgan fingerprint density at radius 3 is 1.48 bits per heavy atom. The number of carboxylic acids is 1. The highest BCUT2D eigenvalue weighted by atomic mass is 16.4. The summed E-state index contributed by atoms with van der Waals surface area (Å²) in [5.74, 6) is -0.836. The Bertz CT molecular complexity index is 305. The Kier molecular flexibility index (Phi) is 18.1. The lowest BCUT2D eigenvalue weighted by atomic mass is 10.0. The summed E-state index contributed by atoms with van der Waals surface area (Å²) in [6, 6.07) is 0. The van der Waals surface area contributed by atoms with Crippen LogP contribution >= 0.6 is 0 Å². The lowest BCUT2D eigenvalue weighted by molar-refractivity contribution is -0.131. The molecule has 0 spiro atoms. The zero-order valence-electron chi connectivity index (χ0n) is 15.3. The minimum atomic E-state index is -0.836. The molecule has 0 saturated heterocycles. The molecule has 0 aromatic rings. The number of carboxylic acid groups (broad SMARTS) is 1. The number of rotatable bonds is 17. The molecule has 1 N–H and O–H groups in total. The fourth-order valence-electron chi connectivity index (χ4n) is 2.68. The Balaban J connectivity index is 3.08. The molecular weight excluding hydrogens is 284 g/mol. The first kappa shape index (κ1) is 21.9. The van der Waals surface area contributed by atoms with E-state index in [4.69, 9.17) is 5.11 Å². The Labute approximate surface area is 144 Å². The SMILES string of the molecule is CCCC/C=C/CCCCCCCCCCCC/C=C/C(=O)O. The van der Waals surface area contributed by atoms with Crippen molar-refractivity contribution in [1.82, 2.24) is 0 Å². The molecule has 134 valence electrons. The van der Waals surface area contributed by atoms with Gasteiger partial charge in [0.15, 0.2) is 0 Å². The number of hydrogen-bond acceptors (Lipinski definition) is 1. The van der Waals surface area contributed by atoms with E-state index in [1.165, 1.54) is 89.5 Å². The van der Waals surface area contributed by atoms with Gasteiger partial charge in [-0.05, 0) is 32.1 Å². The van der Waals surface area contributed by atoms with Gasteiger partial charge in [0.2, 0.25) is 0 Å². The molecule has 0 aliphatic rings. The fraction of sp³-hybridized carbons (Fsp3) is 0.762. The highest BCUT2D eigenvalue weighted by Gasteiger charge is 1.93. The van der Waals surface area contributed by atoms with E-state index in [9.17, 15) is 4.79 Å². The van der Waals surface area contributed by atoms with Crippen LogP contribution in [0.2, 0.25) is 0 Å². The normalized spacial score (nSPS) is 11.7. The lowest BCUT2D eigenvalue weighted by Crippen LogP contribution is -1.86. The van der Waals surface area contributed by atoms with Crippen LogP contribution in [-0.2, 0) is 4.79 Å². The molecule has 0 heterocycles. The maximum absolute atomic E-state index is 10.3. The summed E-state index contributed by atoms with van der Waals surface area (Å²) in [6.45, 7) is 2.24. The lowest BCUT2D eigenvalue weighted by Gasteiger charge is -2.02. The Morgan fingerprint density at radius 2 is 1.04 bits per heavy atom. The smallest absolute Gasteiger partial charge is 0.327 e. The molecule has 0 radical (unpaired) electrons. The van der Waals surface area contributed by atoms with E-state index in [0.29, 0.717) is 0 Å². The fourth-order valence-corrected chi connectivity index (χ4v) is 2.68. The van der Waals surface area contributed by atoms with Crippen molar-refractivity contribution in [2.75, 3.05) is 0 Å². The first-order valence-electron chi connectivity index (χ1n) is 9.81. The largest absolute Gasteiger partial charge is 0.478 e. The van der Waals surface area contributed by atoms with Gasteiger partial charge in [0.05, 0.1) is 0 Å². The predicted molar refractivity (Wildman–Crippen MR) is 101 cm³/mol. The van der Waals surface area contributed by atoms with Gasteiger partial charge in [0.1, 0.15) is 0 Å². The van der Waals surface area contributed by atoms with Gasteiger partial charge >= 0.3 is 5.97 Å². The number of allylic oxidation sites excluding steroid dienone is 3. The highest BCUT2D eigenvalue weighted by Crippen LogP contribution is 2.12. The van der Waals surface area contributed by atoms with Crippen LogP contribution < -0.4 is 0 Å². The minimum absolute atomic E-state index is 0.836. The quantitative estimate of drug-likeness (QED) is 0.177. The summed E-state index contributed by atoms with van der Waals surface area (Å²) in [5, 5.41) is 8.46. The van der Waals surface area contributed by atoms with Crippen molar-refractivity contribution in [3.63, 3.8) is 0 Å². The summed E-state index contributed by atoms with van der Waals surface area (Å²) in [4.78, 5) is 10.3. The third-order valence-corrected chi connectivity index (χ3v) is 4.14. The molecule has 0 atom stereocenters. The van der Waals surface area contributed by atoms with E-state index < -0.39 is 5.97 Å². The molecule has 0 aromatic heterocycles. The monoisotopic (exact) mass is 322 g/mol. The standard InChI is InChI=1S/C21H38O2/c1-2-3-4-5-6-7-8-9-10-11-12-13-14-15-16-17-18-19-20-21(22)23/h5-6,19-20H,2-4,7-18H2,1H3,(H,22,23)/b6-5+,20-19+. The summed E-state index contributed by atoms with van der Waals surface area (Å²) in [5.41, 5.74) is 0. The molecule has 23 heavy (non-hydrogen) atoms. The molecule has 0 aliphatic carbocycles. The third kappa shape index (κ3) is 21.0. The second kappa shape index (κ2) is 19.0. The zero-order chi connectivity index (χ0) is 17.0. The Morgan fingerprint density at radius 1 is 0.652 bits per heavy atom. The minimum Gasteiger partial charge on any atom is -0.478 e. The molecule has 2 heteroatoms.